The van der Waals surface area contributed by atoms with E-state index in [1.54, 1.807) is 12.3 Å². The Balaban J connectivity index is 2.56. The average molecular weight is 304 g/mol. The number of halogens is 1. The number of rotatable bonds is 7. The second-order valence-corrected chi connectivity index (χ2v) is 4.32. The highest BCUT2D eigenvalue weighted by molar-refractivity contribution is 9.10. The Morgan fingerprint density at radius 2 is 1.94 bits per heavy atom. The summed E-state index contributed by atoms with van der Waals surface area (Å²) >= 11 is 3.25. The quantitative estimate of drug-likeness (QED) is 0.621. The molecule has 0 aliphatic heterocycles. The van der Waals surface area contributed by atoms with Crippen molar-refractivity contribution in [1.82, 2.24) is 4.98 Å². The normalized spacial score (nSPS) is 13.0. The number of aromatic nitrogens is 1. The van der Waals surface area contributed by atoms with Crippen LogP contribution in [0.4, 0.5) is 0 Å². The zero-order valence-electron chi connectivity index (χ0n) is 10.1. The van der Waals surface area contributed by atoms with Gasteiger partial charge in [0.15, 0.2) is 6.29 Å². The van der Waals surface area contributed by atoms with Crippen molar-refractivity contribution < 1.29 is 14.6 Å². The third-order valence-corrected chi connectivity index (χ3v) is 2.72. The first-order chi connectivity index (χ1) is 8.17. The van der Waals surface area contributed by atoms with Crippen molar-refractivity contribution in [3.63, 3.8) is 0 Å². The summed E-state index contributed by atoms with van der Waals surface area (Å²) in [5.41, 5.74) is 0.762. The van der Waals surface area contributed by atoms with Crippen LogP contribution in [0.25, 0.3) is 0 Å². The van der Waals surface area contributed by atoms with Gasteiger partial charge in [0.2, 0.25) is 0 Å². The van der Waals surface area contributed by atoms with E-state index in [9.17, 15) is 5.11 Å². The van der Waals surface area contributed by atoms with Gasteiger partial charge in [-0.25, -0.2) is 4.98 Å². The van der Waals surface area contributed by atoms with Gasteiger partial charge in [-0.1, -0.05) is 6.07 Å². The first-order valence-electron chi connectivity index (χ1n) is 5.70. The lowest BCUT2D eigenvalue weighted by Crippen LogP contribution is -2.20. The molecule has 96 valence electrons. The molecule has 0 radical (unpaired) electrons. The van der Waals surface area contributed by atoms with Crippen molar-refractivity contribution >= 4 is 15.9 Å². The molecule has 0 saturated heterocycles. The summed E-state index contributed by atoms with van der Waals surface area (Å²) in [6.07, 6.45) is 1.05. The summed E-state index contributed by atoms with van der Waals surface area (Å²) in [6.45, 7) is 4.94. The van der Waals surface area contributed by atoms with Crippen molar-refractivity contribution in [2.24, 2.45) is 0 Å². The van der Waals surface area contributed by atoms with E-state index >= 15 is 0 Å². The predicted octanol–water partition coefficient (Wildman–Crippen LogP) is 2.67. The van der Waals surface area contributed by atoms with Crippen LogP contribution in [0.2, 0.25) is 0 Å². The van der Waals surface area contributed by atoms with Crippen LogP contribution in [0, 0.1) is 0 Å². The van der Waals surface area contributed by atoms with E-state index < -0.39 is 6.10 Å². The fraction of sp³-hybridized carbons (Fsp3) is 0.583. The molecular weight excluding hydrogens is 286 g/mol. The second kappa shape index (κ2) is 7.76. The van der Waals surface area contributed by atoms with Gasteiger partial charge in [-0.15, -0.1) is 0 Å². The Labute approximate surface area is 110 Å². The predicted molar refractivity (Wildman–Crippen MR) is 68.6 cm³/mol. The molecule has 1 aromatic rings. The van der Waals surface area contributed by atoms with Crippen molar-refractivity contribution in [2.75, 3.05) is 13.2 Å². The Hall–Kier alpha value is -0.490. The van der Waals surface area contributed by atoms with Crippen LogP contribution >= 0.6 is 15.9 Å². The number of hydrogen-bond donors (Lipinski definition) is 1. The second-order valence-electron chi connectivity index (χ2n) is 3.51. The van der Waals surface area contributed by atoms with E-state index in [0.29, 0.717) is 19.6 Å². The molecule has 1 aromatic heterocycles. The van der Waals surface area contributed by atoms with E-state index in [-0.39, 0.29) is 6.29 Å². The third-order valence-electron chi connectivity index (χ3n) is 2.26. The van der Waals surface area contributed by atoms with Crippen LogP contribution in [-0.4, -0.2) is 29.6 Å². The Morgan fingerprint density at radius 1 is 1.29 bits per heavy atom. The molecule has 0 amide bonds. The molecule has 0 fully saturated rings. The molecule has 1 N–H and O–H groups in total. The topological polar surface area (TPSA) is 51.6 Å². The van der Waals surface area contributed by atoms with Crippen molar-refractivity contribution in [3.8, 4) is 0 Å². The van der Waals surface area contributed by atoms with Crippen LogP contribution in [0.15, 0.2) is 22.9 Å². The third kappa shape index (κ3) is 5.12. The van der Waals surface area contributed by atoms with Crippen molar-refractivity contribution in [1.29, 1.82) is 0 Å². The molecule has 0 aromatic carbocycles. The number of nitrogens with zero attached hydrogens (tertiary/aromatic N) is 1. The SMILES string of the molecule is CCOC(CC(O)c1ccc(Br)nc1)OCC. The maximum atomic E-state index is 10.0. The zero-order chi connectivity index (χ0) is 12.7. The van der Waals surface area contributed by atoms with Gasteiger partial charge in [-0.2, -0.15) is 0 Å². The molecule has 17 heavy (non-hydrogen) atoms. The summed E-state index contributed by atoms with van der Waals surface area (Å²) in [5.74, 6) is 0. The number of pyridine rings is 1. The fourth-order valence-electron chi connectivity index (χ4n) is 1.46. The molecule has 0 aliphatic carbocycles. The summed E-state index contributed by atoms with van der Waals surface area (Å²) in [7, 11) is 0. The largest absolute Gasteiger partial charge is 0.388 e. The first kappa shape index (κ1) is 14.6. The van der Waals surface area contributed by atoms with Gasteiger partial charge in [0.25, 0.3) is 0 Å². The van der Waals surface area contributed by atoms with E-state index in [4.69, 9.17) is 9.47 Å². The van der Waals surface area contributed by atoms with Gasteiger partial charge in [0, 0.05) is 25.8 Å². The van der Waals surface area contributed by atoms with E-state index in [1.165, 1.54) is 0 Å². The maximum Gasteiger partial charge on any atom is 0.160 e. The molecule has 5 heteroatoms. The van der Waals surface area contributed by atoms with Crippen LogP contribution in [0.3, 0.4) is 0 Å². The Morgan fingerprint density at radius 3 is 2.41 bits per heavy atom. The highest BCUT2D eigenvalue weighted by Crippen LogP contribution is 2.20. The summed E-state index contributed by atoms with van der Waals surface area (Å²) in [4.78, 5) is 4.07. The Kier molecular flexibility index (Phi) is 6.65. The minimum atomic E-state index is -0.626. The summed E-state index contributed by atoms with van der Waals surface area (Å²) in [5, 5.41) is 10.0. The van der Waals surface area contributed by atoms with Gasteiger partial charge in [0.05, 0.1) is 6.10 Å². The van der Waals surface area contributed by atoms with Crippen LogP contribution in [0.5, 0.6) is 0 Å². The molecule has 0 saturated carbocycles. The van der Waals surface area contributed by atoms with Crippen LogP contribution < -0.4 is 0 Å². The van der Waals surface area contributed by atoms with E-state index in [1.807, 2.05) is 19.9 Å². The van der Waals surface area contributed by atoms with Crippen molar-refractivity contribution in [3.05, 3.63) is 28.5 Å². The van der Waals surface area contributed by atoms with Gasteiger partial charge < -0.3 is 14.6 Å². The van der Waals surface area contributed by atoms with Gasteiger partial charge >= 0.3 is 0 Å². The lowest BCUT2D eigenvalue weighted by Gasteiger charge is -2.20. The number of ether oxygens (including phenoxy) is 2. The van der Waals surface area contributed by atoms with Gasteiger partial charge in [-0.3, -0.25) is 0 Å². The van der Waals surface area contributed by atoms with E-state index in [2.05, 4.69) is 20.9 Å². The molecule has 1 heterocycles. The lowest BCUT2D eigenvalue weighted by atomic mass is 10.1. The molecule has 0 bridgehead atoms. The van der Waals surface area contributed by atoms with Gasteiger partial charge in [-0.05, 0) is 41.4 Å². The van der Waals surface area contributed by atoms with Gasteiger partial charge in [0.1, 0.15) is 4.60 Å². The highest BCUT2D eigenvalue weighted by Gasteiger charge is 2.16. The van der Waals surface area contributed by atoms with E-state index in [0.717, 1.165) is 10.2 Å². The van der Waals surface area contributed by atoms with Crippen LogP contribution in [-0.2, 0) is 9.47 Å². The smallest absolute Gasteiger partial charge is 0.160 e. The minimum absolute atomic E-state index is 0.372. The number of aliphatic hydroxyl groups is 1. The average Bonchev–Trinajstić information content (AvgIpc) is 2.30. The molecule has 1 rings (SSSR count). The molecule has 1 unspecified atom stereocenters. The maximum absolute atomic E-state index is 10.0. The molecule has 0 aliphatic rings. The first-order valence-corrected chi connectivity index (χ1v) is 6.49. The zero-order valence-corrected chi connectivity index (χ0v) is 11.7. The Bertz CT molecular complexity index is 312. The van der Waals surface area contributed by atoms with Crippen molar-refractivity contribution in [2.45, 2.75) is 32.7 Å². The van der Waals surface area contributed by atoms with Crippen LogP contribution in [0.1, 0.15) is 31.9 Å². The highest BCUT2D eigenvalue weighted by atomic mass is 79.9. The fourth-order valence-corrected chi connectivity index (χ4v) is 1.69. The molecule has 0 spiro atoms. The summed E-state index contributed by atoms with van der Waals surface area (Å²) in [6, 6.07) is 3.63. The molecule has 1 atom stereocenters. The number of aliphatic hydroxyl groups excluding tert-OH is 1. The molecule has 4 nitrogen and oxygen atoms in total. The monoisotopic (exact) mass is 303 g/mol. The molecular formula is C12H18BrNO3. The standard InChI is InChI=1S/C12H18BrNO3/c1-3-16-12(17-4-2)7-10(15)9-5-6-11(13)14-8-9/h5-6,8,10,12,15H,3-4,7H2,1-2H3. The number of hydrogen-bond acceptors (Lipinski definition) is 4. The lowest BCUT2D eigenvalue weighted by molar-refractivity contribution is -0.153. The summed E-state index contributed by atoms with van der Waals surface area (Å²) < 4.78 is 11.5. The minimum Gasteiger partial charge on any atom is -0.388 e.